The normalized spacial score (nSPS) is 17.6. The van der Waals surface area contributed by atoms with E-state index in [-0.39, 0.29) is 5.69 Å². The van der Waals surface area contributed by atoms with Gasteiger partial charge in [-0.3, -0.25) is 10.1 Å². The summed E-state index contributed by atoms with van der Waals surface area (Å²) < 4.78 is 10.7. The first kappa shape index (κ1) is 10.1. The second kappa shape index (κ2) is 4.37. The van der Waals surface area contributed by atoms with Crippen LogP contribution in [0.2, 0.25) is 0 Å². The lowest BCUT2D eigenvalue weighted by Crippen LogP contribution is -2.18. The highest BCUT2D eigenvalue weighted by Crippen LogP contribution is 2.29. The Balaban J connectivity index is 2.29. The number of hydrogen-bond donors (Lipinski definition) is 0. The molecule has 0 atom stereocenters. The molecule has 0 saturated carbocycles. The monoisotopic (exact) mass is 209 g/mol. The maximum atomic E-state index is 10.8. The van der Waals surface area contributed by atoms with Crippen LogP contribution in [0, 0.1) is 10.1 Å². The summed E-state index contributed by atoms with van der Waals surface area (Å²) in [6, 6.07) is 6.49. The van der Waals surface area contributed by atoms with Gasteiger partial charge < -0.3 is 9.47 Å². The van der Waals surface area contributed by atoms with Crippen LogP contribution in [0.4, 0.5) is 5.69 Å². The summed E-state index contributed by atoms with van der Waals surface area (Å²) in [5.41, 5.74) is 0.534. The van der Waals surface area contributed by atoms with E-state index in [0.29, 0.717) is 18.8 Å². The predicted molar refractivity (Wildman–Crippen MR) is 52.4 cm³/mol. The van der Waals surface area contributed by atoms with E-state index in [1.165, 1.54) is 6.07 Å². The third kappa shape index (κ3) is 2.14. The van der Waals surface area contributed by atoms with Gasteiger partial charge in [0, 0.05) is 6.07 Å². The molecule has 80 valence electrons. The number of hydrogen-bond acceptors (Lipinski definition) is 4. The van der Waals surface area contributed by atoms with Gasteiger partial charge in [-0.05, 0) is 12.5 Å². The van der Waals surface area contributed by atoms with Gasteiger partial charge in [-0.1, -0.05) is 12.1 Å². The third-order valence-electron chi connectivity index (χ3n) is 2.21. The fourth-order valence-corrected chi connectivity index (χ4v) is 1.52. The summed E-state index contributed by atoms with van der Waals surface area (Å²) >= 11 is 0. The van der Waals surface area contributed by atoms with Crippen molar-refractivity contribution in [2.45, 2.75) is 12.7 Å². The van der Waals surface area contributed by atoms with E-state index in [1.54, 1.807) is 18.2 Å². The van der Waals surface area contributed by atoms with E-state index in [1.807, 2.05) is 0 Å². The Morgan fingerprint density at radius 1 is 1.27 bits per heavy atom. The van der Waals surface area contributed by atoms with Crippen molar-refractivity contribution >= 4 is 5.69 Å². The lowest BCUT2D eigenvalue weighted by molar-refractivity contribution is -0.387. The molecule has 5 nitrogen and oxygen atoms in total. The summed E-state index contributed by atoms with van der Waals surface area (Å²) in [5, 5.41) is 10.8. The minimum Gasteiger partial charge on any atom is -0.348 e. The molecule has 1 aliphatic rings. The van der Waals surface area contributed by atoms with E-state index < -0.39 is 11.2 Å². The second-order valence-electron chi connectivity index (χ2n) is 3.24. The standard InChI is InChI=1S/C10H11NO4/c12-11(13)9-5-2-1-4-8(9)10-14-6-3-7-15-10/h1-2,4-5,10H,3,6-7H2. The molecule has 1 heterocycles. The van der Waals surface area contributed by atoms with E-state index in [4.69, 9.17) is 9.47 Å². The van der Waals surface area contributed by atoms with Gasteiger partial charge in [0.25, 0.3) is 5.69 Å². The molecule has 0 aliphatic carbocycles. The molecule has 0 bridgehead atoms. The number of rotatable bonds is 2. The van der Waals surface area contributed by atoms with Crippen LogP contribution in [0.15, 0.2) is 24.3 Å². The Morgan fingerprint density at radius 3 is 2.60 bits per heavy atom. The van der Waals surface area contributed by atoms with Gasteiger partial charge >= 0.3 is 0 Å². The summed E-state index contributed by atoms with van der Waals surface area (Å²) in [7, 11) is 0. The van der Waals surface area contributed by atoms with Crippen LogP contribution in [-0.4, -0.2) is 18.1 Å². The minimum absolute atomic E-state index is 0.0457. The molecule has 1 aliphatic heterocycles. The van der Waals surface area contributed by atoms with Crippen LogP contribution in [0.3, 0.4) is 0 Å². The van der Waals surface area contributed by atoms with Crippen molar-refractivity contribution in [2.75, 3.05) is 13.2 Å². The lowest BCUT2D eigenvalue weighted by Gasteiger charge is -2.23. The Bertz CT molecular complexity index is 360. The van der Waals surface area contributed by atoms with E-state index in [9.17, 15) is 10.1 Å². The van der Waals surface area contributed by atoms with Crippen molar-refractivity contribution in [3.8, 4) is 0 Å². The highest BCUT2D eigenvalue weighted by molar-refractivity contribution is 5.40. The molecule has 1 aromatic carbocycles. The van der Waals surface area contributed by atoms with Crippen LogP contribution in [-0.2, 0) is 9.47 Å². The van der Waals surface area contributed by atoms with E-state index in [0.717, 1.165) is 6.42 Å². The zero-order chi connectivity index (χ0) is 10.7. The van der Waals surface area contributed by atoms with Crippen molar-refractivity contribution in [1.29, 1.82) is 0 Å². The number of benzene rings is 1. The van der Waals surface area contributed by atoms with Crippen LogP contribution < -0.4 is 0 Å². The van der Waals surface area contributed by atoms with Crippen LogP contribution >= 0.6 is 0 Å². The highest BCUT2D eigenvalue weighted by Gasteiger charge is 2.24. The maximum absolute atomic E-state index is 10.8. The topological polar surface area (TPSA) is 61.6 Å². The second-order valence-corrected chi connectivity index (χ2v) is 3.24. The quantitative estimate of drug-likeness (QED) is 0.552. The van der Waals surface area contributed by atoms with Gasteiger partial charge in [-0.2, -0.15) is 0 Å². The molecule has 5 heteroatoms. The van der Waals surface area contributed by atoms with Gasteiger partial charge in [0.05, 0.1) is 23.7 Å². The third-order valence-corrected chi connectivity index (χ3v) is 2.21. The van der Waals surface area contributed by atoms with Crippen molar-refractivity contribution in [3.63, 3.8) is 0 Å². The number of para-hydroxylation sites is 1. The molecular formula is C10H11NO4. The molecule has 0 spiro atoms. The molecule has 0 aromatic heterocycles. The van der Waals surface area contributed by atoms with Crippen LogP contribution in [0.5, 0.6) is 0 Å². The highest BCUT2D eigenvalue weighted by atomic mass is 16.7. The summed E-state index contributed by atoms with van der Waals surface area (Å²) in [6.07, 6.45) is 0.234. The summed E-state index contributed by atoms with van der Waals surface area (Å²) in [5.74, 6) is 0. The van der Waals surface area contributed by atoms with Gasteiger partial charge in [0.2, 0.25) is 0 Å². The van der Waals surface area contributed by atoms with E-state index >= 15 is 0 Å². The number of nitro groups is 1. The first-order chi connectivity index (χ1) is 7.29. The predicted octanol–water partition coefficient (Wildman–Crippen LogP) is 2.03. The van der Waals surface area contributed by atoms with Gasteiger partial charge in [0.15, 0.2) is 6.29 Å². The van der Waals surface area contributed by atoms with Gasteiger partial charge in [0.1, 0.15) is 0 Å². The minimum atomic E-state index is -0.597. The molecule has 0 amide bonds. The lowest BCUT2D eigenvalue weighted by atomic mass is 10.1. The van der Waals surface area contributed by atoms with Crippen molar-refractivity contribution in [2.24, 2.45) is 0 Å². The smallest absolute Gasteiger partial charge is 0.277 e. The van der Waals surface area contributed by atoms with Crippen LogP contribution in [0.25, 0.3) is 0 Å². The number of ether oxygens (including phenoxy) is 2. The summed E-state index contributed by atoms with van der Waals surface area (Å²) in [4.78, 5) is 10.3. The molecule has 15 heavy (non-hydrogen) atoms. The SMILES string of the molecule is O=[N+]([O-])c1ccccc1C1OCCCO1. The molecule has 2 rings (SSSR count). The number of nitrogens with zero attached hydrogens (tertiary/aromatic N) is 1. The van der Waals surface area contributed by atoms with E-state index in [2.05, 4.69) is 0 Å². The first-order valence-electron chi connectivity index (χ1n) is 4.75. The average molecular weight is 209 g/mol. The van der Waals surface area contributed by atoms with Gasteiger partial charge in [-0.15, -0.1) is 0 Å². The fourth-order valence-electron chi connectivity index (χ4n) is 1.52. The molecule has 1 saturated heterocycles. The Kier molecular flexibility index (Phi) is 2.94. The van der Waals surface area contributed by atoms with Gasteiger partial charge in [-0.25, -0.2) is 0 Å². The number of nitro benzene ring substituents is 1. The fraction of sp³-hybridized carbons (Fsp3) is 0.400. The first-order valence-corrected chi connectivity index (χ1v) is 4.75. The van der Waals surface area contributed by atoms with Crippen molar-refractivity contribution < 1.29 is 14.4 Å². The molecule has 1 fully saturated rings. The van der Waals surface area contributed by atoms with Crippen molar-refractivity contribution in [3.05, 3.63) is 39.9 Å². The van der Waals surface area contributed by atoms with Crippen molar-refractivity contribution in [1.82, 2.24) is 0 Å². The zero-order valence-corrected chi connectivity index (χ0v) is 8.09. The molecule has 0 unspecified atom stereocenters. The Labute approximate surface area is 86.8 Å². The maximum Gasteiger partial charge on any atom is 0.277 e. The Hall–Kier alpha value is -1.46. The summed E-state index contributed by atoms with van der Waals surface area (Å²) in [6.45, 7) is 1.16. The molecule has 0 N–H and O–H groups in total. The zero-order valence-electron chi connectivity index (χ0n) is 8.09. The molecule has 1 aromatic rings. The molecule has 0 radical (unpaired) electrons. The van der Waals surface area contributed by atoms with Crippen LogP contribution in [0.1, 0.15) is 18.3 Å². The molecular weight excluding hydrogens is 198 g/mol. The largest absolute Gasteiger partial charge is 0.348 e. The average Bonchev–Trinajstić information content (AvgIpc) is 2.30. The Morgan fingerprint density at radius 2 is 1.93 bits per heavy atom.